The van der Waals surface area contributed by atoms with E-state index >= 15 is 0 Å². The molecule has 2 aromatic rings. The highest BCUT2D eigenvalue weighted by molar-refractivity contribution is 6.03. The summed E-state index contributed by atoms with van der Waals surface area (Å²) in [6, 6.07) is 10.9. The van der Waals surface area contributed by atoms with Crippen molar-refractivity contribution in [3.63, 3.8) is 0 Å². The lowest BCUT2D eigenvalue weighted by atomic mass is 10.0. The van der Waals surface area contributed by atoms with Gasteiger partial charge in [-0.3, -0.25) is 4.79 Å². The van der Waals surface area contributed by atoms with E-state index in [-0.39, 0.29) is 13.0 Å². The van der Waals surface area contributed by atoms with Crippen LogP contribution in [-0.4, -0.2) is 34.7 Å². The van der Waals surface area contributed by atoms with Crippen LogP contribution in [0.5, 0.6) is 0 Å². The third-order valence-corrected chi connectivity index (χ3v) is 3.15. The molecule has 1 atom stereocenters. The Hall–Kier alpha value is -2.60. The maximum Gasteiger partial charge on any atom is 0.332 e. The zero-order valence-electron chi connectivity index (χ0n) is 11.2. The Labute approximate surface area is 121 Å². The highest BCUT2D eigenvalue weighted by atomic mass is 16.4. The summed E-state index contributed by atoms with van der Waals surface area (Å²) < 4.78 is 0. The van der Waals surface area contributed by atoms with Crippen LogP contribution in [0.25, 0.3) is 10.8 Å². The number of aliphatic hydroxyl groups excluding tert-OH is 1. The van der Waals surface area contributed by atoms with Crippen LogP contribution in [0.4, 0.5) is 5.69 Å². The number of hydrogen-bond acceptors (Lipinski definition) is 4. The fourth-order valence-corrected chi connectivity index (χ4v) is 2.00. The van der Waals surface area contributed by atoms with Crippen molar-refractivity contribution in [3.8, 4) is 0 Å². The molecule has 1 amide bonds. The predicted molar refractivity (Wildman–Crippen MR) is 79.0 cm³/mol. The molecule has 2 rings (SSSR count). The minimum absolute atomic E-state index is 0.0541. The van der Waals surface area contributed by atoms with Crippen molar-refractivity contribution in [2.45, 2.75) is 12.5 Å². The number of carbonyl (C=O) groups is 2. The van der Waals surface area contributed by atoms with Crippen molar-refractivity contribution in [2.24, 2.45) is 0 Å². The van der Waals surface area contributed by atoms with Crippen LogP contribution in [0.3, 0.4) is 0 Å². The van der Waals surface area contributed by atoms with Crippen molar-refractivity contribution in [1.29, 1.82) is 0 Å². The summed E-state index contributed by atoms with van der Waals surface area (Å²) >= 11 is 0. The van der Waals surface area contributed by atoms with Crippen molar-refractivity contribution in [2.75, 3.05) is 12.3 Å². The number of rotatable bonds is 5. The maximum absolute atomic E-state index is 12.0. The summed E-state index contributed by atoms with van der Waals surface area (Å²) in [4.78, 5) is 22.5. The van der Waals surface area contributed by atoms with Crippen LogP contribution in [-0.2, 0) is 4.79 Å². The Morgan fingerprint density at radius 2 is 1.81 bits per heavy atom. The summed E-state index contributed by atoms with van der Waals surface area (Å²) in [6.07, 6.45) is -1.55. The molecule has 0 aliphatic carbocycles. The lowest BCUT2D eigenvalue weighted by Crippen LogP contribution is -2.30. The minimum Gasteiger partial charge on any atom is -0.479 e. The molecule has 21 heavy (non-hydrogen) atoms. The number of nitrogen functional groups attached to an aromatic ring is 1. The standard InChI is InChI=1S/C15H16N2O4/c16-12-8-10-4-2-1-3-9(10)7-11(12)14(19)17-6-5-13(18)15(20)21/h1-4,7-8,13,18H,5-6,16H2,(H,17,19)(H,20,21)/t13-/m0/s1. The summed E-state index contributed by atoms with van der Waals surface area (Å²) in [7, 11) is 0. The normalized spacial score (nSPS) is 12.0. The molecular formula is C15H16N2O4. The maximum atomic E-state index is 12.0. The molecule has 0 saturated carbocycles. The third-order valence-electron chi connectivity index (χ3n) is 3.15. The van der Waals surface area contributed by atoms with E-state index in [1.165, 1.54) is 0 Å². The number of carbonyl (C=O) groups excluding carboxylic acids is 1. The molecule has 0 bridgehead atoms. The van der Waals surface area contributed by atoms with E-state index in [9.17, 15) is 9.59 Å². The van der Waals surface area contributed by atoms with Crippen LogP contribution in [0.2, 0.25) is 0 Å². The highest BCUT2D eigenvalue weighted by Gasteiger charge is 2.14. The van der Waals surface area contributed by atoms with E-state index in [1.807, 2.05) is 24.3 Å². The van der Waals surface area contributed by atoms with E-state index < -0.39 is 18.0 Å². The van der Waals surface area contributed by atoms with Gasteiger partial charge < -0.3 is 21.3 Å². The van der Waals surface area contributed by atoms with Gasteiger partial charge in [-0.15, -0.1) is 0 Å². The Kier molecular flexibility index (Phi) is 4.39. The Balaban J connectivity index is 2.09. The van der Waals surface area contributed by atoms with E-state index in [0.29, 0.717) is 11.3 Å². The number of carboxylic acids is 1. The molecule has 6 nitrogen and oxygen atoms in total. The molecular weight excluding hydrogens is 272 g/mol. The fourth-order valence-electron chi connectivity index (χ4n) is 2.00. The molecule has 5 N–H and O–H groups in total. The smallest absolute Gasteiger partial charge is 0.332 e. The molecule has 0 radical (unpaired) electrons. The van der Waals surface area contributed by atoms with E-state index in [4.69, 9.17) is 15.9 Å². The number of benzene rings is 2. The average Bonchev–Trinajstić information content (AvgIpc) is 2.46. The zero-order valence-corrected chi connectivity index (χ0v) is 11.2. The first-order chi connectivity index (χ1) is 9.99. The molecule has 0 saturated heterocycles. The first-order valence-electron chi connectivity index (χ1n) is 6.46. The zero-order chi connectivity index (χ0) is 15.4. The van der Waals surface area contributed by atoms with Gasteiger partial charge in [0.1, 0.15) is 0 Å². The van der Waals surface area contributed by atoms with Crippen molar-refractivity contribution in [3.05, 3.63) is 42.0 Å². The van der Waals surface area contributed by atoms with Crippen molar-refractivity contribution in [1.82, 2.24) is 5.32 Å². The van der Waals surface area contributed by atoms with E-state index in [2.05, 4.69) is 5.32 Å². The number of carboxylic acid groups (broad SMARTS) is 1. The molecule has 0 unspecified atom stereocenters. The lowest BCUT2D eigenvalue weighted by Gasteiger charge is -2.10. The molecule has 0 spiro atoms. The van der Waals surface area contributed by atoms with Crippen LogP contribution in [0.1, 0.15) is 16.8 Å². The van der Waals surface area contributed by atoms with Gasteiger partial charge in [0.05, 0.1) is 5.56 Å². The average molecular weight is 288 g/mol. The number of hydrogen-bond donors (Lipinski definition) is 4. The topological polar surface area (TPSA) is 113 Å². The largest absolute Gasteiger partial charge is 0.479 e. The first kappa shape index (κ1) is 14.8. The number of anilines is 1. The van der Waals surface area contributed by atoms with Gasteiger partial charge >= 0.3 is 5.97 Å². The number of amides is 1. The van der Waals surface area contributed by atoms with Gasteiger partial charge in [0.2, 0.25) is 0 Å². The van der Waals surface area contributed by atoms with Gasteiger partial charge in [0.15, 0.2) is 6.10 Å². The monoisotopic (exact) mass is 288 g/mol. The number of aliphatic carboxylic acids is 1. The van der Waals surface area contributed by atoms with Gasteiger partial charge in [-0.25, -0.2) is 4.79 Å². The second-order valence-electron chi connectivity index (χ2n) is 4.69. The molecule has 110 valence electrons. The second kappa shape index (κ2) is 6.23. The molecule has 0 aliphatic heterocycles. The van der Waals surface area contributed by atoms with Gasteiger partial charge in [-0.2, -0.15) is 0 Å². The molecule has 2 aromatic carbocycles. The Morgan fingerprint density at radius 3 is 2.43 bits per heavy atom. The van der Waals surface area contributed by atoms with Gasteiger partial charge in [0.25, 0.3) is 5.91 Å². The number of nitrogens with one attached hydrogen (secondary N) is 1. The van der Waals surface area contributed by atoms with Gasteiger partial charge in [-0.05, 0) is 22.9 Å². The summed E-state index contributed by atoms with van der Waals surface area (Å²) in [6.45, 7) is 0.0541. The molecule has 0 heterocycles. The highest BCUT2D eigenvalue weighted by Crippen LogP contribution is 2.21. The fraction of sp³-hybridized carbons (Fsp3) is 0.200. The lowest BCUT2D eigenvalue weighted by molar-refractivity contribution is -0.146. The summed E-state index contributed by atoms with van der Waals surface area (Å²) in [5.74, 6) is -1.70. The predicted octanol–water partition coefficient (Wildman–Crippen LogP) is 0.987. The van der Waals surface area contributed by atoms with Crippen LogP contribution >= 0.6 is 0 Å². The summed E-state index contributed by atoms with van der Waals surface area (Å²) in [5.41, 5.74) is 6.55. The van der Waals surface area contributed by atoms with E-state index in [0.717, 1.165) is 10.8 Å². The van der Waals surface area contributed by atoms with Crippen LogP contribution in [0.15, 0.2) is 36.4 Å². The Bertz CT molecular complexity index is 684. The van der Waals surface area contributed by atoms with Crippen LogP contribution < -0.4 is 11.1 Å². The molecule has 0 aromatic heterocycles. The Morgan fingerprint density at radius 1 is 1.19 bits per heavy atom. The first-order valence-corrected chi connectivity index (χ1v) is 6.46. The van der Waals surface area contributed by atoms with Gasteiger partial charge in [-0.1, -0.05) is 24.3 Å². The molecule has 0 aliphatic rings. The number of aliphatic hydroxyl groups is 1. The number of fused-ring (bicyclic) bond motifs is 1. The minimum atomic E-state index is -1.49. The van der Waals surface area contributed by atoms with E-state index in [1.54, 1.807) is 12.1 Å². The van der Waals surface area contributed by atoms with Gasteiger partial charge in [0, 0.05) is 18.7 Å². The molecule has 6 heteroatoms. The quantitative estimate of drug-likeness (QED) is 0.613. The third kappa shape index (κ3) is 3.49. The summed E-state index contributed by atoms with van der Waals surface area (Å²) in [5, 5.41) is 22.1. The molecule has 0 fully saturated rings. The SMILES string of the molecule is Nc1cc2ccccc2cc1C(=O)NCC[C@H](O)C(=O)O. The second-order valence-corrected chi connectivity index (χ2v) is 4.69. The number of nitrogens with two attached hydrogens (primary N) is 1. The van der Waals surface area contributed by atoms with Crippen molar-refractivity contribution >= 4 is 28.3 Å². The van der Waals surface area contributed by atoms with Crippen LogP contribution in [0, 0.1) is 0 Å². The van der Waals surface area contributed by atoms with Crippen molar-refractivity contribution < 1.29 is 19.8 Å².